The van der Waals surface area contributed by atoms with Crippen LogP contribution in [0.4, 0.5) is 5.69 Å². The molecule has 262 valence electrons. The molecule has 4 aromatic carbocycles. The molecule has 0 spiro atoms. The van der Waals surface area contributed by atoms with E-state index in [1.165, 1.54) is 11.1 Å². The summed E-state index contributed by atoms with van der Waals surface area (Å²) in [6.45, 7) is 8.66. The molecule has 0 fully saturated rings. The number of hydrogen-bond acceptors (Lipinski definition) is 5. The molecule has 0 saturated heterocycles. The molecule has 0 radical (unpaired) electrons. The van der Waals surface area contributed by atoms with Crippen molar-refractivity contribution in [2.24, 2.45) is 11.3 Å². The number of aryl methyl sites for hydroxylation is 1. The Kier molecular flexibility index (Phi) is 13.9. The van der Waals surface area contributed by atoms with Gasteiger partial charge in [0.2, 0.25) is 5.91 Å². The van der Waals surface area contributed by atoms with E-state index < -0.39 is 27.7 Å². The van der Waals surface area contributed by atoms with Crippen LogP contribution in [0.15, 0.2) is 97.1 Å². The molecule has 10 heteroatoms. The summed E-state index contributed by atoms with van der Waals surface area (Å²) in [7, 11) is -4.42. The van der Waals surface area contributed by atoms with E-state index in [0.717, 1.165) is 47.1 Å². The zero-order valence-corrected chi connectivity index (χ0v) is 33.5. The summed E-state index contributed by atoms with van der Waals surface area (Å²) >= 11 is 6.15. The summed E-state index contributed by atoms with van der Waals surface area (Å²) in [5.74, 6) is -1.17. The number of halogens is 1. The third kappa shape index (κ3) is 11.4. The first kappa shape index (κ1) is 40.5. The number of anilines is 1. The van der Waals surface area contributed by atoms with E-state index in [4.69, 9.17) is 11.6 Å². The van der Waals surface area contributed by atoms with Crippen LogP contribution in [0.5, 0.6) is 0 Å². The number of benzene rings is 4. The first-order chi connectivity index (χ1) is 23.7. The van der Waals surface area contributed by atoms with Gasteiger partial charge in [0, 0.05) is 22.8 Å². The van der Waals surface area contributed by atoms with Crippen LogP contribution in [-0.2, 0) is 21.3 Å². The Morgan fingerprint density at radius 3 is 2.14 bits per heavy atom. The van der Waals surface area contributed by atoms with E-state index in [2.05, 4.69) is 49.6 Å². The van der Waals surface area contributed by atoms with Gasteiger partial charge >= 0.3 is 29.6 Å². The van der Waals surface area contributed by atoms with Crippen LogP contribution < -0.4 is 40.2 Å². The van der Waals surface area contributed by atoms with Crippen LogP contribution in [0.1, 0.15) is 78.6 Å². The maximum Gasteiger partial charge on any atom is 1.00 e. The Morgan fingerprint density at radius 1 is 0.922 bits per heavy atom. The van der Waals surface area contributed by atoms with Gasteiger partial charge in [-0.1, -0.05) is 93.0 Å². The second-order valence-corrected chi connectivity index (χ2v) is 16.1. The van der Waals surface area contributed by atoms with Crippen LogP contribution in [0, 0.1) is 18.3 Å². The van der Waals surface area contributed by atoms with E-state index in [0.29, 0.717) is 28.6 Å². The zero-order valence-electron chi connectivity index (χ0n) is 30.0. The Morgan fingerprint density at radius 2 is 1.57 bits per heavy atom. The van der Waals surface area contributed by atoms with E-state index >= 15 is 0 Å². The van der Waals surface area contributed by atoms with Gasteiger partial charge in [0.1, 0.15) is 0 Å². The van der Waals surface area contributed by atoms with Crippen LogP contribution in [0.25, 0.3) is 16.7 Å². The SMILES string of the molecule is Cc1cc(Cl)ccc1-c1ccc(NC(=O)C(Cc2ccc(C(=O)NCCS(=O)(=O)[O-])cc2)c2ccc(C3=CC[C@H](C(C)(C)C)CC3)cc2)cc1.[Na+]. The Hall–Kier alpha value is -3.24. The third-order valence-electron chi connectivity index (χ3n) is 9.58. The number of hydrogen-bond donors (Lipinski definition) is 2. The molecule has 2 amide bonds. The fourth-order valence-corrected chi connectivity index (χ4v) is 7.09. The number of nitrogens with one attached hydrogen (secondary N) is 2. The van der Waals surface area contributed by atoms with Crippen LogP contribution in [-0.4, -0.2) is 37.1 Å². The summed E-state index contributed by atoms with van der Waals surface area (Å²) in [6.07, 6.45) is 6.01. The summed E-state index contributed by atoms with van der Waals surface area (Å²) < 4.78 is 32.6. The first-order valence-corrected chi connectivity index (χ1v) is 18.9. The van der Waals surface area contributed by atoms with Gasteiger partial charge in [0.15, 0.2) is 0 Å². The molecule has 0 heterocycles. The molecule has 2 atom stereocenters. The predicted octanol–water partition coefficient (Wildman–Crippen LogP) is 5.79. The van der Waals surface area contributed by atoms with Crippen LogP contribution in [0.3, 0.4) is 0 Å². The molecule has 1 aliphatic rings. The topological polar surface area (TPSA) is 115 Å². The van der Waals surface area contributed by atoms with Gasteiger partial charge in [-0.05, 0) is 119 Å². The van der Waals surface area contributed by atoms with E-state index in [1.807, 2.05) is 61.5 Å². The van der Waals surface area contributed by atoms with Gasteiger partial charge in [0.05, 0.1) is 21.8 Å². The normalized spacial score (nSPS) is 15.3. The third-order valence-corrected chi connectivity index (χ3v) is 10.5. The molecule has 1 unspecified atom stereocenters. The molecule has 7 nitrogen and oxygen atoms in total. The van der Waals surface area contributed by atoms with Crippen molar-refractivity contribution in [2.75, 3.05) is 17.6 Å². The van der Waals surface area contributed by atoms with Crippen molar-refractivity contribution in [3.8, 4) is 11.1 Å². The van der Waals surface area contributed by atoms with Gasteiger partial charge in [-0.25, -0.2) is 8.42 Å². The largest absolute Gasteiger partial charge is 1.00 e. The van der Waals surface area contributed by atoms with Gasteiger partial charge in [-0.2, -0.15) is 0 Å². The zero-order chi connectivity index (χ0) is 36.1. The van der Waals surface area contributed by atoms with E-state index in [9.17, 15) is 22.6 Å². The molecule has 0 saturated carbocycles. The monoisotopic (exact) mass is 734 g/mol. The molecule has 0 aliphatic heterocycles. The van der Waals surface area contributed by atoms with Crippen molar-refractivity contribution in [2.45, 2.75) is 59.3 Å². The van der Waals surface area contributed by atoms with Gasteiger partial charge in [-0.15, -0.1) is 0 Å². The second kappa shape index (κ2) is 17.5. The Balaban J connectivity index is 0.00000583. The van der Waals surface area contributed by atoms with Crippen molar-refractivity contribution < 1.29 is 52.1 Å². The molecule has 0 bridgehead atoms. The number of amides is 2. The van der Waals surface area contributed by atoms with Crippen molar-refractivity contribution in [1.82, 2.24) is 5.32 Å². The van der Waals surface area contributed by atoms with Crippen molar-refractivity contribution in [1.29, 1.82) is 0 Å². The first-order valence-electron chi connectivity index (χ1n) is 16.9. The smallest absolute Gasteiger partial charge is 0.748 e. The minimum atomic E-state index is -4.42. The molecule has 51 heavy (non-hydrogen) atoms. The number of allylic oxidation sites excluding steroid dienone is 2. The minimum absolute atomic E-state index is 0. The maximum atomic E-state index is 14.0. The van der Waals surface area contributed by atoms with Gasteiger partial charge in [-0.3, -0.25) is 9.59 Å². The fraction of sp³-hybridized carbons (Fsp3) is 0.317. The van der Waals surface area contributed by atoms with E-state index in [-0.39, 0.29) is 47.4 Å². The number of carbonyl (C=O) groups excluding carboxylic acids is 2. The number of rotatable bonds is 11. The van der Waals surface area contributed by atoms with Crippen LogP contribution in [0.2, 0.25) is 5.02 Å². The molecular weight excluding hydrogens is 691 g/mol. The quantitative estimate of drug-likeness (QED) is 0.150. The summed E-state index contributed by atoms with van der Waals surface area (Å²) in [6, 6.07) is 28.7. The number of carbonyl (C=O) groups is 2. The molecule has 5 rings (SSSR count). The van der Waals surface area contributed by atoms with Crippen molar-refractivity contribution in [3.05, 3.63) is 130 Å². The average Bonchev–Trinajstić information content (AvgIpc) is 3.07. The molecular formula is C41H44ClN2NaO5S. The van der Waals surface area contributed by atoms with Crippen LogP contribution >= 0.6 is 11.6 Å². The molecule has 2 N–H and O–H groups in total. The standard InChI is InChI=1S/C41H45ClN2O5S.Na/c1-27-25-35(42)19-22-37(27)31-15-20-36(21-16-31)44-40(46)38(26-28-5-7-33(8-6-28)39(45)43-23-24-50(47,48)49)32-11-9-29(10-12-32)30-13-17-34(18-14-30)41(2,3)4;/h5-13,15-16,19-22,25,34,38H,14,17-18,23-24,26H2,1-4H3,(H,43,45)(H,44,46)(H,47,48,49);/q;+1/p-1/t34-,38?;/m0./s1. The Bertz CT molecular complexity index is 1970. The summed E-state index contributed by atoms with van der Waals surface area (Å²) in [5.41, 5.74) is 8.69. The molecule has 4 aromatic rings. The predicted molar refractivity (Wildman–Crippen MR) is 201 cm³/mol. The van der Waals surface area contributed by atoms with Crippen molar-refractivity contribution in [3.63, 3.8) is 0 Å². The summed E-state index contributed by atoms with van der Waals surface area (Å²) in [4.78, 5) is 26.5. The van der Waals surface area contributed by atoms with Gasteiger partial charge in [0.25, 0.3) is 5.91 Å². The second-order valence-electron chi connectivity index (χ2n) is 14.2. The fourth-order valence-electron chi connectivity index (χ4n) is 6.51. The minimum Gasteiger partial charge on any atom is -0.748 e. The molecule has 1 aliphatic carbocycles. The van der Waals surface area contributed by atoms with E-state index in [1.54, 1.807) is 24.3 Å². The van der Waals surface area contributed by atoms with Crippen molar-refractivity contribution >= 4 is 44.8 Å². The average molecular weight is 735 g/mol. The Labute approximate surface area is 329 Å². The van der Waals surface area contributed by atoms with Gasteiger partial charge < -0.3 is 15.2 Å². The summed E-state index contributed by atoms with van der Waals surface area (Å²) in [5, 5.41) is 6.26. The molecule has 0 aromatic heterocycles. The maximum absolute atomic E-state index is 14.0.